The maximum absolute atomic E-state index is 12.4. The van der Waals surface area contributed by atoms with E-state index in [-0.39, 0.29) is 0 Å². The third kappa shape index (κ3) is 4.66. The molecule has 21 heavy (non-hydrogen) atoms. The van der Waals surface area contributed by atoms with Gasteiger partial charge in [0.1, 0.15) is 0 Å². The highest BCUT2D eigenvalue weighted by Crippen LogP contribution is 2.29. The maximum atomic E-state index is 12.4. The van der Waals surface area contributed by atoms with Gasteiger partial charge in [-0.2, -0.15) is 13.2 Å². The van der Waals surface area contributed by atoms with E-state index in [4.69, 9.17) is 0 Å². The molecule has 0 aliphatic heterocycles. The fourth-order valence-electron chi connectivity index (χ4n) is 1.93. The van der Waals surface area contributed by atoms with Gasteiger partial charge in [-0.1, -0.05) is 42.5 Å². The molecule has 0 fully saturated rings. The molecule has 0 N–H and O–H groups in total. The zero-order valence-electron chi connectivity index (χ0n) is 11.6. The van der Waals surface area contributed by atoms with Gasteiger partial charge in [0.25, 0.3) is 0 Å². The van der Waals surface area contributed by atoms with Crippen LogP contribution in [0.2, 0.25) is 0 Å². The Kier molecular flexibility index (Phi) is 4.66. The van der Waals surface area contributed by atoms with E-state index in [0.29, 0.717) is 5.56 Å². The molecule has 0 nitrogen and oxygen atoms in total. The first-order valence-electron chi connectivity index (χ1n) is 6.58. The number of hydrogen-bond acceptors (Lipinski definition) is 0. The summed E-state index contributed by atoms with van der Waals surface area (Å²) in [6.07, 6.45) is -1.81. The van der Waals surface area contributed by atoms with Crippen LogP contribution in [0.1, 0.15) is 23.6 Å². The predicted octanol–water partition coefficient (Wildman–Crippen LogP) is 5.51. The van der Waals surface area contributed by atoms with Crippen molar-refractivity contribution in [1.29, 1.82) is 0 Å². The van der Waals surface area contributed by atoms with Gasteiger partial charge in [-0.25, -0.2) is 0 Å². The zero-order chi connectivity index (χ0) is 15.3. The summed E-state index contributed by atoms with van der Waals surface area (Å²) in [5.41, 5.74) is 5.40. The third-order valence-electron chi connectivity index (χ3n) is 3.04. The van der Waals surface area contributed by atoms with Crippen molar-refractivity contribution in [2.75, 3.05) is 0 Å². The Labute approximate surface area is 122 Å². The summed E-state index contributed by atoms with van der Waals surface area (Å²) in [5, 5.41) is 0. The van der Waals surface area contributed by atoms with Gasteiger partial charge in [-0.15, -0.1) is 5.73 Å². The van der Waals surface area contributed by atoms with E-state index in [0.717, 1.165) is 24.1 Å². The topological polar surface area (TPSA) is 0 Å². The highest BCUT2D eigenvalue weighted by molar-refractivity contribution is 5.50. The van der Waals surface area contributed by atoms with Crippen LogP contribution in [0.25, 0.3) is 6.08 Å². The van der Waals surface area contributed by atoms with E-state index < -0.39 is 11.7 Å². The molecule has 0 aliphatic rings. The van der Waals surface area contributed by atoms with Gasteiger partial charge in [0, 0.05) is 6.42 Å². The lowest BCUT2D eigenvalue weighted by atomic mass is 10.1. The Morgan fingerprint density at radius 1 is 1.00 bits per heavy atom. The minimum Gasteiger partial charge on any atom is -0.166 e. The normalized spacial score (nSPS) is 10.9. The summed E-state index contributed by atoms with van der Waals surface area (Å²) in [5.74, 6) is 0. The van der Waals surface area contributed by atoms with Crippen LogP contribution in [0.5, 0.6) is 0 Å². The van der Waals surface area contributed by atoms with Gasteiger partial charge in [0.15, 0.2) is 0 Å². The minimum atomic E-state index is -4.29. The van der Waals surface area contributed by atoms with E-state index in [2.05, 4.69) is 5.73 Å². The Hall–Kier alpha value is -2.25. The lowest BCUT2D eigenvalue weighted by Crippen LogP contribution is -2.03. The van der Waals surface area contributed by atoms with Crippen LogP contribution in [0.15, 0.2) is 65.9 Å². The predicted molar refractivity (Wildman–Crippen MR) is 78.8 cm³/mol. The summed E-state index contributed by atoms with van der Waals surface area (Å²) in [6, 6.07) is 15.0. The number of rotatable bonds is 3. The molecule has 0 aromatic heterocycles. The van der Waals surface area contributed by atoms with Crippen molar-refractivity contribution in [3.63, 3.8) is 0 Å². The monoisotopic (exact) mass is 288 g/mol. The number of halogens is 3. The molecule has 0 atom stereocenters. The molecule has 0 heterocycles. The second-order valence-electron chi connectivity index (χ2n) is 4.85. The van der Waals surface area contributed by atoms with E-state index in [1.807, 2.05) is 37.3 Å². The standard InChI is InChI=1S/C18H15F3/c1-14(13-16-5-3-2-4-6-16)7-8-15-9-11-17(12-10-15)18(19,20)21/h2-6,8-12H,13H2,1H3. The molecule has 0 bridgehead atoms. The van der Waals surface area contributed by atoms with Crippen molar-refractivity contribution >= 4 is 6.08 Å². The molecule has 2 aromatic rings. The van der Waals surface area contributed by atoms with Crippen LogP contribution in [0.4, 0.5) is 13.2 Å². The molecular formula is C18H15F3. The molecule has 0 spiro atoms. The second-order valence-corrected chi connectivity index (χ2v) is 4.85. The minimum absolute atomic E-state index is 0.635. The first-order valence-corrected chi connectivity index (χ1v) is 6.58. The van der Waals surface area contributed by atoms with Gasteiger partial charge >= 0.3 is 6.18 Å². The maximum Gasteiger partial charge on any atom is 0.416 e. The first kappa shape index (κ1) is 15.1. The Morgan fingerprint density at radius 2 is 1.62 bits per heavy atom. The SMILES string of the molecule is CC(=C=Cc1ccc(C(F)(F)F)cc1)Cc1ccccc1. The van der Waals surface area contributed by atoms with E-state index >= 15 is 0 Å². The molecule has 0 radical (unpaired) electrons. The van der Waals surface area contributed by atoms with Crippen LogP contribution < -0.4 is 0 Å². The number of alkyl halides is 3. The summed E-state index contributed by atoms with van der Waals surface area (Å²) in [4.78, 5) is 0. The Morgan fingerprint density at radius 3 is 2.19 bits per heavy atom. The Bertz CT molecular complexity index is 643. The van der Waals surface area contributed by atoms with E-state index in [1.165, 1.54) is 17.7 Å². The van der Waals surface area contributed by atoms with Crippen molar-refractivity contribution < 1.29 is 13.2 Å². The Balaban J connectivity index is 2.11. The van der Waals surface area contributed by atoms with E-state index in [9.17, 15) is 13.2 Å². The van der Waals surface area contributed by atoms with Crippen molar-refractivity contribution in [1.82, 2.24) is 0 Å². The fraction of sp³-hybridized carbons (Fsp3) is 0.167. The van der Waals surface area contributed by atoms with Crippen LogP contribution in [0.3, 0.4) is 0 Å². The summed E-state index contributed by atoms with van der Waals surface area (Å²) >= 11 is 0. The van der Waals surface area contributed by atoms with Gasteiger partial charge in [0.05, 0.1) is 5.56 Å². The van der Waals surface area contributed by atoms with Gasteiger partial charge in [0.2, 0.25) is 0 Å². The average Bonchev–Trinajstić information content (AvgIpc) is 2.46. The number of benzene rings is 2. The molecule has 2 rings (SSSR count). The van der Waals surface area contributed by atoms with E-state index in [1.54, 1.807) is 6.08 Å². The van der Waals surface area contributed by atoms with Gasteiger partial charge < -0.3 is 0 Å². The van der Waals surface area contributed by atoms with Crippen molar-refractivity contribution in [3.05, 3.63) is 82.6 Å². The molecule has 0 amide bonds. The second kappa shape index (κ2) is 6.47. The van der Waals surface area contributed by atoms with Crippen LogP contribution in [-0.2, 0) is 12.6 Å². The first-order chi connectivity index (χ1) is 9.95. The highest BCUT2D eigenvalue weighted by atomic mass is 19.4. The molecule has 0 saturated carbocycles. The summed E-state index contributed by atoms with van der Waals surface area (Å²) < 4.78 is 37.3. The molecule has 0 saturated heterocycles. The molecule has 0 aliphatic carbocycles. The largest absolute Gasteiger partial charge is 0.416 e. The summed E-state index contributed by atoms with van der Waals surface area (Å²) in [6.45, 7) is 1.95. The van der Waals surface area contributed by atoms with Crippen LogP contribution in [0, 0.1) is 0 Å². The lowest BCUT2D eigenvalue weighted by Gasteiger charge is -2.05. The van der Waals surface area contributed by atoms with Crippen LogP contribution in [-0.4, -0.2) is 0 Å². The van der Waals surface area contributed by atoms with Crippen molar-refractivity contribution in [3.8, 4) is 0 Å². The molecule has 108 valence electrons. The molecule has 0 unspecified atom stereocenters. The quantitative estimate of drug-likeness (QED) is 0.654. The summed E-state index contributed by atoms with van der Waals surface area (Å²) in [7, 11) is 0. The highest BCUT2D eigenvalue weighted by Gasteiger charge is 2.29. The lowest BCUT2D eigenvalue weighted by molar-refractivity contribution is -0.137. The third-order valence-corrected chi connectivity index (χ3v) is 3.04. The zero-order valence-corrected chi connectivity index (χ0v) is 11.6. The molecule has 3 heteroatoms. The van der Waals surface area contributed by atoms with Gasteiger partial charge in [-0.3, -0.25) is 0 Å². The number of hydrogen-bond donors (Lipinski definition) is 0. The smallest absolute Gasteiger partial charge is 0.166 e. The van der Waals surface area contributed by atoms with Crippen molar-refractivity contribution in [2.45, 2.75) is 19.5 Å². The number of allylic oxidation sites excluding steroid dienone is 1. The molecule has 2 aromatic carbocycles. The van der Waals surface area contributed by atoms with Gasteiger partial charge in [-0.05, 0) is 41.8 Å². The fourth-order valence-corrected chi connectivity index (χ4v) is 1.93. The average molecular weight is 288 g/mol. The van der Waals surface area contributed by atoms with Crippen LogP contribution >= 0.6 is 0 Å². The van der Waals surface area contributed by atoms with Crippen molar-refractivity contribution in [2.24, 2.45) is 0 Å². The molecular weight excluding hydrogens is 273 g/mol.